The molecule has 17 heavy (non-hydrogen) atoms. The van der Waals surface area contributed by atoms with E-state index >= 15 is 0 Å². The Hall–Kier alpha value is 0.290. The van der Waals surface area contributed by atoms with Gasteiger partial charge in [-0.3, -0.25) is 0 Å². The highest BCUT2D eigenvalue weighted by Crippen LogP contribution is 2.44. The first-order valence-electron chi connectivity index (χ1n) is 6.04. The highest BCUT2D eigenvalue weighted by molar-refractivity contribution is 8.19. The van der Waals surface area contributed by atoms with E-state index in [4.69, 9.17) is 9.47 Å². The first-order chi connectivity index (χ1) is 8.12. The van der Waals surface area contributed by atoms with Crippen LogP contribution in [0.1, 0.15) is 33.1 Å². The molecular formula is C12H22O3S2. The molecule has 100 valence electrons. The average molecular weight is 278 g/mol. The van der Waals surface area contributed by atoms with Gasteiger partial charge in [0.1, 0.15) is 10.4 Å². The van der Waals surface area contributed by atoms with Crippen LogP contribution in [-0.2, 0) is 14.3 Å². The van der Waals surface area contributed by atoms with E-state index in [1.165, 1.54) is 6.42 Å². The number of thioether (sulfide) groups is 2. The van der Waals surface area contributed by atoms with Crippen LogP contribution < -0.4 is 0 Å². The third-order valence-electron chi connectivity index (χ3n) is 2.82. The fourth-order valence-electron chi connectivity index (χ4n) is 1.72. The van der Waals surface area contributed by atoms with Crippen LogP contribution in [0.5, 0.6) is 0 Å². The maximum Gasteiger partial charge on any atom is 0.154 e. The largest absolute Gasteiger partial charge is 0.356 e. The van der Waals surface area contributed by atoms with Crippen molar-refractivity contribution in [2.45, 2.75) is 49.6 Å². The molecular weight excluding hydrogens is 256 g/mol. The van der Waals surface area contributed by atoms with Gasteiger partial charge >= 0.3 is 0 Å². The summed E-state index contributed by atoms with van der Waals surface area (Å²) in [6.45, 7) is 3.92. The lowest BCUT2D eigenvalue weighted by molar-refractivity contribution is -0.140. The Bertz CT molecular complexity index is 230. The molecule has 0 bridgehead atoms. The molecule has 0 spiro atoms. The van der Waals surface area contributed by atoms with Crippen LogP contribution >= 0.6 is 23.5 Å². The third kappa shape index (κ3) is 5.20. The van der Waals surface area contributed by atoms with E-state index < -0.39 is 0 Å². The van der Waals surface area contributed by atoms with Gasteiger partial charge in [0.2, 0.25) is 0 Å². The zero-order chi connectivity index (χ0) is 12.7. The lowest BCUT2D eigenvalue weighted by Crippen LogP contribution is -2.29. The fourth-order valence-corrected chi connectivity index (χ4v) is 4.66. The smallest absolute Gasteiger partial charge is 0.154 e. The standard InChI is InChI=1S/C12H22O3S2/c1-10(15-11(2)14-3)5-6-12(9-13)16-7-4-8-17-12/h9-11H,4-8H2,1-3H3. The summed E-state index contributed by atoms with van der Waals surface area (Å²) in [7, 11) is 1.64. The summed E-state index contributed by atoms with van der Waals surface area (Å²) in [5.74, 6) is 2.19. The van der Waals surface area contributed by atoms with Gasteiger partial charge in [0.25, 0.3) is 0 Å². The summed E-state index contributed by atoms with van der Waals surface area (Å²) in [6.07, 6.45) is 4.05. The first-order valence-corrected chi connectivity index (χ1v) is 8.01. The third-order valence-corrected chi connectivity index (χ3v) is 6.09. The second kappa shape index (κ2) is 7.67. The van der Waals surface area contributed by atoms with Crippen molar-refractivity contribution in [1.29, 1.82) is 0 Å². The molecule has 3 nitrogen and oxygen atoms in total. The number of rotatable bonds is 7. The molecule has 0 aromatic carbocycles. The number of methoxy groups -OCH3 is 1. The summed E-state index contributed by atoms with van der Waals surface area (Å²) in [6, 6.07) is 0. The van der Waals surface area contributed by atoms with Crippen LogP contribution in [0.15, 0.2) is 0 Å². The maximum atomic E-state index is 11.3. The SMILES string of the molecule is COC(C)OC(C)CCC1(C=O)SCCCS1. The molecule has 1 saturated heterocycles. The lowest BCUT2D eigenvalue weighted by Gasteiger charge is -2.31. The number of hydrogen-bond donors (Lipinski definition) is 0. The van der Waals surface area contributed by atoms with Gasteiger partial charge in [-0.15, -0.1) is 23.5 Å². The van der Waals surface area contributed by atoms with Gasteiger partial charge in [-0.25, -0.2) is 0 Å². The van der Waals surface area contributed by atoms with E-state index in [1.54, 1.807) is 30.6 Å². The van der Waals surface area contributed by atoms with Crippen molar-refractivity contribution < 1.29 is 14.3 Å². The molecule has 0 radical (unpaired) electrons. The number of ether oxygens (including phenoxy) is 2. The Labute approximate surface area is 112 Å². The zero-order valence-corrected chi connectivity index (χ0v) is 12.4. The highest BCUT2D eigenvalue weighted by atomic mass is 32.2. The van der Waals surface area contributed by atoms with E-state index in [9.17, 15) is 4.79 Å². The van der Waals surface area contributed by atoms with Crippen molar-refractivity contribution >= 4 is 29.8 Å². The van der Waals surface area contributed by atoms with Crippen molar-refractivity contribution in [2.24, 2.45) is 0 Å². The van der Waals surface area contributed by atoms with Gasteiger partial charge in [-0.2, -0.15) is 0 Å². The van der Waals surface area contributed by atoms with Crippen LogP contribution in [0.3, 0.4) is 0 Å². The number of carbonyl (C=O) groups excluding carboxylic acids is 1. The molecule has 1 rings (SSSR count). The molecule has 0 saturated carbocycles. The molecule has 0 amide bonds. The normalized spacial score (nSPS) is 23.0. The van der Waals surface area contributed by atoms with E-state index in [-0.39, 0.29) is 16.5 Å². The van der Waals surface area contributed by atoms with Gasteiger partial charge in [0.05, 0.1) is 6.10 Å². The summed E-state index contributed by atoms with van der Waals surface area (Å²) < 4.78 is 10.5. The van der Waals surface area contributed by atoms with Crippen LogP contribution in [-0.4, -0.2) is 41.4 Å². The molecule has 2 atom stereocenters. The van der Waals surface area contributed by atoms with Gasteiger partial charge in [0.15, 0.2) is 6.29 Å². The summed E-state index contributed by atoms with van der Waals surface area (Å²) in [5.41, 5.74) is 0. The predicted molar refractivity (Wildman–Crippen MR) is 74.6 cm³/mol. The fraction of sp³-hybridized carbons (Fsp3) is 0.917. The second-order valence-corrected chi connectivity index (χ2v) is 7.38. The van der Waals surface area contributed by atoms with Gasteiger partial charge in [-0.1, -0.05) is 0 Å². The molecule has 0 aliphatic carbocycles. The summed E-state index contributed by atoms with van der Waals surface area (Å²) in [4.78, 5) is 11.3. The van der Waals surface area contributed by atoms with Gasteiger partial charge in [0, 0.05) is 7.11 Å². The molecule has 1 aliphatic rings. The summed E-state index contributed by atoms with van der Waals surface area (Å²) in [5, 5.41) is 0. The Balaban J connectivity index is 2.34. The van der Waals surface area contributed by atoms with Crippen LogP contribution in [0, 0.1) is 0 Å². The predicted octanol–water partition coefficient (Wildman–Crippen LogP) is 2.93. The minimum Gasteiger partial charge on any atom is -0.356 e. The van der Waals surface area contributed by atoms with Crippen molar-refractivity contribution in [1.82, 2.24) is 0 Å². The van der Waals surface area contributed by atoms with E-state index in [1.807, 2.05) is 13.8 Å². The Kier molecular flexibility index (Phi) is 6.92. The summed E-state index contributed by atoms with van der Waals surface area (Å²) >= 11 is 3.57. The molecule has 2 unspecified atom stereocenters. The van der Waals surface area contributed by atoms with Gasteiger partial charge < -0.3 is 14.3 Å². The molecule has 1 aliphatic heterocycles. The van der Waals surface area contributed by atoms with Gasteiger partial charge in [-0.05, 0) is 44.6 Å². The molecule has 0 aromatic rings. The van der Waals surface area contributed by atoms with Crippen molar-refractivity contribution in [3.63, 3.8) is 0 Å². The Morgan fingerprint density at radius 1 is 1.35 bits per heavy atom. The molecule has 1 heterocycles. The monoisotopic (exact) mass is 278 g/mol. The molecule has 1 fully saturated rings. The van der Waals surface area contributed by atoms with E-state index in [0.29, 0.717) is 0 Å². The Morgan fingerprint density at radius 3 is 2.53 bits per heavy atom. The van der Waals surface area contributed by atoms with E-state index in [2.05, 4.69) is 0 Å². The number of aldehydes is 1. The highest BCUT2D eigenvalue weighted by Gasteiger charge is 2.33. The van der Waals surface area contributed by atoms with Crippen molar-refractivity contribution in [3.8, 4) is 0 Å². The maximum absolute atomic E-state index is 11.3. The minimum atomic E-state index is -0.230. The van der Waals surface area contributed by atoms with Crippen LogP contribution in [0.2, 0.25) is 0 Å². The van der Waals surface area contributed by atoms with E-state index in [0.717, 1.165) is 30.6 Å². The van der Waals surface area contributed by atoms with Crippen molar-refractivity contribution in [2.75, 3.05) is 18.6 Å². The molecule has 0 aromatic heterocycles. The van der Waals surface area contributed by atoms with Crippen molar-refractivity contribution in [3.05, 3.63) is 0 Å². The number of carbonyl (C=O) groups is 1. The average Bonchev–Trinajstić information content (AvgIpc) is 2.37. The zero-order valence-electron chi connectivity index (χ0n) is 10.8. The van der Waals surface area contributed by atoms with Crippen LogP contribution in [0.4, 0.5) is 0 Å². The topological polar surface area (TPSA) is 35.5 Å². The minimum absolute atomic E-state index is 0.130. The Morgan fingerprint density at radius 2 is 2.00 bits per heavy atom. The number of hydrogen-bond acceptors (Lipinski definition) is 5. The molecule has 0 N–H and O–H groups in total. The second-order valence-electron chi connectivity index (χ2n) is 4.27. The van der Waals surface area contributed by atoms with Crippen LogP contribution in [0.25, 0.3) is 0 Å². The molecule has 5 heteroatoms. The lowest BCUT2D eigenvalue weighted by atomic mass is 10.2. The quantitative estimate of drug-likeness (QED) is 0.528. The first kappa shape index (κ1) is 15.3.